The Kier molecular flexibility index (Phi) is 2.40. The van der Waals surface area contributed by atoms with Crippen LogP contribution in [-0.2, 0) is 0 Å². The van der Waals surface area contributed by atoms with Crippen LogP contribution in [0.1, 0.15) is 12.8 Å². The molecule has 0 aliphatic carbocycles. The number of aliphatic hydroxyl groups excluding tert-OH is 1. The highest BCUT2D eigenvalue weighted by Gasteiger charge is 2.18. The van der Waals surface area contributed by atoms with Gasteiger partial charge in [0.2, 0.25) is 0 Å². The lowest BCUT2D eigenvalue weighted by molar-refractivity contribution is 0.154. The molecule has 0 aromatic carbocycles. The van der Waals surface area contributed by atoms with E-state index in [0.29, 0.717) is 6.54 Å². The second kappa shape index (κ2) is 3.70. The third-order valence-electron chi connectivity index (χ3n) is 2.27. The van der Waals surface area contributed by atoms with E-state index in [1.807, 2.05) is 0 Å². The normalized spacial score (nSPS) is 23.2. The van der Waals surface area contributed by atoms with Crippen molar-refractivity contribution in [2.75, 3.05) is 18.0 Å². The van der Waals surface area contributed by atoms with Gasteiger partial charge in [0.05, 0.1) is 12.3 Å². The van der Waals surface area contributed by atoms with Gasteiger partial charge >= 0.3 is 0 Å². The van der Waals surface area contributed by atoms with Crippen LogP contribution in [0, 0.1) is 0 Å². The highest BCUT2D eigenvalue weighted by atomic mass is 16.3. The summed E-state index contributed by atoms with van der Waals surface area (Å²) in [6.45, 7) is 1.65. The van der Waals surface area contributed by atoms with Crippen molar-refractivity contribution in [2.45, 2.75) is 18.9 Å². The SMILES string of the molecule is O[C@H]1CCCN(c2cnccn2)C1. The molecular formula is C9H13N3O. The van der Waals surface area contributed by atoms with Gasteiger partial charge in [0, 0.05) is 25.5 Å². The van der Waals surface area contributed by atoms with Gasteiger partial charge in [-0.15, -0.1) is 0 Å². The van der Waals surface area contributed by atoms with Crippen molar-refractivity contribution in [1.29, 1.82) is 0 Å². The lowest BCUT2D eigenvalue weighted by Crippen LogP contribution is -2.38. The molecule has 4 nitrogen and oxygen atoms in total. The van der Waals surface area contributed by atoms with Crippen LogP contribution < -0.4 is 4.90 Å². The zero-order chi connectivity index (χ0) is 9.10. The van der Waals surface area contributed by atoms with Crippen LogP contribution >= 0.6 is 0 Å². The van der Waals surface area contributed by atoms with Crippen molar-refractivity contribution in [3.05, 3.63) is 18.6 Å². The fourth-order valence-electron chi connectivity index (χ4n) is 1.62. The average molecular weight is 179 g/mol. The van der Waals surface area contributed by atoms with E-state index in [0.717, 1.165) is 25.2 Å². The van der Waals surface area contributed by atoms with Gasteiger partial charge in [-0.3, -0.25) is 4.98 Å². The molecule has 1 aromatic heterocycles. The molecule has 0 spiro atoms. The Morgan fingerprint density at radius 1 is 1.46 bits per heavy atom. The third kappa shape index (κ3) is 1.95. The topological polar surface area (TPSA) is 49.2 Å². The standard InChI is InChI=1S/C9H13N3O/c13-8-2-1-5-12(7-8)9-6-10-3-4-11-9/h3-4,6,8,13H,1-2,5,7H2/t8-/m0/s1. The minimum atomic E-state index is -0.212. The van der Waals surface area contributed by atoms with Crippen LogP contribution in [0.2, 0.25) is 0 Å². The predicted molar refractivity (Wildman–Crippen MR) is 49.5 cm³/mol. The molecule has 1 N–H and O–H groups in total. The van der Waals surface area contributed by atoms with Crippen molar-refractivity contribution < 1.29 is 5.11 Å². The van der Waals surface area contributed by atoms with Gasteiger partial charge < -0.3 is 10.0 Å². The van der Waals surface area contributed by atoms with Crippen molar-refractivity contribution in [1.82, 2.24) is 9.97 Å². The minimum absolute atomic E-state index is 0.212. The van der Waals surface area contributed by atoms with E-state index in [1.54, 1.807) is 18.6 Å². The van der Waals surface area contributed by atoms with E-state index in [4.69, 9.17) is 0 Å². The number of β-amino-alcohol motifs (C(OH)–C–C–N with tert-alkyl or cyclic N) is 1. The highest BCUT2D eigenvalue weighted by molar-refractivity contribution is 5.35. The summed E-state index contributed by atoms with van der Waals surface area (Å²) >= 11 is 0. The molecule has 1 aliphatic rings. The first-order valence-corrected chi connectivity index (χ1v) is 4.55. The van der Waals surface area contributed by atoms with Gasteiger partial charge in [-0.1, -0.05) is 0 Å². The number of aliphatic hydroxyl groups is 1. The van der Waals surface area contributed by atoms with Crippen LogP contribution in [0.15, 0.2) is 18.6 Å². The van der Waals surface area contributed by atoms with E-state index < -0.39 is 0 Å². The largest absolute Gasteiger partial charge is 0.391 e. The molecular weight excluding hydrogens is 166 g/mol. The second-order valence-corrected chi connectivity index (χ2v) is 3.31. The maximum absolute atomic E-state index is 9.45. The first-order valence-electron chi connectivity index (χ1n) is 4.55. The van der Waals surface area contributed by atoms with Gasteiger partial charge in [-0.25, -0.2) is 4.98 Å². The molecule has 1 atom stereocenters. The fraction of sp³-hybridized carbons (Fsp3) is 0.556. The summed E-state index contributed by atoms with van der Waals surface area (Å²) in [5.41, 5.74) is 0. The number of anilines is 1. The summed E-state index contributed by atoms with van der Waals surface area (Å²) in [4.78, 5) is 10.3. The van der Waals surface area contributed by atoms with Gasteiger partial charge in [0.25, 0.3) is 0 Å². The molecule has 0 saturated carbocycles. The summed E-state index contributed by atoms with van der Waals surface area (Å²) in [5, 5.41) is 9.45. The zero-order valence-corrected chi connectivity index (χ0v) is 7.43. The van der Waals surface area contributed by atoms with E-state index in [9.17, 15) is 5.11 Å². The molecule has 70 valence electrons. The van der Waals surface area contributed by atoms with E-state index >= 15 is 0 Å². The van der Waals surface area contributed by atoms with Gasteiger partial charge in [-0.2, -0.15) is 0 Å². The molecule has 2 rings (SSSR count). The van der Waals surface area contributed by atoms with Crippen molar-refractivity contribution in [3.63, 3.8) is 0 Å². The van der Waals surface area contributed by atoms with E-state index in [-0.39, 0.29) is 6.10 Å². The Hall–Kier alpha value is -1.16. The zero-order valence-electron chi connectivity index (χ0n) is 7.43. The second-order valence-electron chi connectivity index (χ2n) is 3.31. The lowest BCUT2D eigenvalue weighted by Gasteiger charge is -2.30. The maximum Gasteiger partial charge on any atom is 0.147 e. The van der Waals surface area contributed by atoms with Crippen LogP contribution in [-0.4, -0.2) is 34.3 Å². The number of piperidine rings is 1. The minimum Gasteiger partial charge on any atom is -0.391 e. The highest BCUT2D eigenvalue weighted by Crippen LogP contribution is 2.15. The molecule has 0 unspecified atom stereocenters. The summed E-state index contributed by atoms with van der Waals surface area (Å²) in [5.74, 6) is 0.862. The van der Waals surface area contributed by atoms with Crippen LogP contribution in [0.25, 0.3) is 0 Å². The predicted octanol–water partition coefficient (Wildman–Crippen LogP) is 0.438. The molecule has 1 aromatic rings. The van der Waals surface area contributed by atoms with E-state index in [1.165, 1.54) is 0 Å². The van der Waals surface area contributed by atoms with Crippen molar-refractivity contribution in [2.24, 2.45) is 0 Å². The molecule has 2 heterocycles. The molecule has 4 heteroatoms. The smallest absolute Gasteiger partial charge is 0.147 e. The number of hydrogen-bond donors (Lipinski definition) is 1. The molecule has 1 fully saturated rings. The Bertz CT molecular complexity index is 265. The first-order chi connectivity index (χ1) is 6.36. The van der Waals surface area contributed by atoms with Crippen LogP contribution in [0.4, 0.5) is 5.82 Å². The molecule has 0 radical (unpaired) electrons. The summed E-state index contributed by atoms with van der Waals surface area (Å²) < 4.78 is 0. The molecule has 1 saturated heterocycles. The Morgan fingerprint density at radius 3 is 3.08 bits per heavy atom. The Balaban J connectivity index is 2.08. The van der Waals surface area contributed by atoms with Crippen molar-refractivity contribution in [3.8, 4) is 0 Å². The van der Waals surface area contributed by atoms with Gasteiger partial charge in [-0.05, 0) is 12.8 Å². The average Bonchev–Trinajstić information content (AvgIpc) is 2.19. The molecule has 1 aliphatic heterocycles. The number of aromatic nitrogens is 2. The molecule has 0 amide bonds. The Morgan fingerprint density at radius 2 is 2.38 bits per heavy atom. The fourth-order valence-corrected chi connectivity index (χ4v) is 1.62. The van der Waals surface area contributed by atoms with E-state index in [2.05, 4.69) is 14.9 Å². The van der Waals surface area contributed by atoms with Gasteiger partial charge in [0.15, 0.2) is 0 Å². The summed E-state index contributed by atoms with van der Waals surface area (Å²) in [7, 11) is 0. The third-order valence-corrected chi connectivity index (χ3v) is 2.27. The van der Waals surface area contributed by atoms with Crippen LogP contribution in [0.5, 0.6) is 0 Å². The lowest BCUT2D eigenvalue weighted by atomic mass is 10.1. The first kappa shape index (κ1) is 8.44. The van der Waals surface area contributed by atoms with Crippen molar-refractivity contribution >= 4 is 5.82 Å². The summed E-state index contributed by atoms with van der Waals surface area (Å²) in [6, 6.07) is 0. The Labute approximate surface area is 77.2 Å². The maximum atomic E-state index is 9.45. The number of rotatable bonds is 1. The van der Waals surface area contributed by atoms with Gasteiger partial charge in [0.1, 0.15) is 5.82 Å². The van der Waals surface area contributed by atoms with Crippen LogP contribution in [0.3, 0.4) is 0 Å². The summed E-state index contributed by atoms with van der Waals surface area (Å²) in [6.07, 6.45) is 6.78. The molecule has 0 bridgehead atoms. The quantitative estimate of drug-likeness (QED) is 0.679. The number of hydrogen-bond acceptors (Lipinski definition) is 4. The monoisotopic (exact) mass is 179 g/mol. The number of nitrogens with zero attached hydrogens (tertiary/aromatic N) is 3. The molecule has 13 heavy (non-hydrogen) atoms.